The van der Waals surface area contributed by atoms with Crippen LogP contribution in [0.4, 0.5) is 0 Å². The first-order valence-corrected chi connectivity index (χ1v) is 7.11. The second kappa shape index (κ2) is 6.31. The summed E-state index contributed by atoms with van der Waals surface area (Å²) in [5.41, 5.74) is 5.30. The summed E-state index contributed by atoms with van der Waals surface area (Å²) in [5, 5.41) is 0. The fourth-order valence-electron chi connectivity index (χ4n) is 1.34. The fourth-order valence-corrected chi connectivity index (χ4v) is 2.45. The Labute approximate surface area is 108 Å². The first-order valence-electron chi connectivity index (χ1n) is 5.50. The van der Waals surface area contributed by atoms with Crippen LogP contribution in [-0.4, -0.2) is 36.8 Å². The van der Waals surface area contributed by atoms with Gasteiger partial charge in [-0.05, 0) is 33.1 Å². The Balaban J connectivity index is 4.46. The van der Waals surface area contributed by atoms with E-state index >= 15 is 0 Å². The molecule has 7 heteroatoms. The van der Waals surface area contributed by atoms with Gasteiger partial charge in [0.15, 0.2) is 0 Å². The number of hydrogen-bond donors (Lipinski definition) is 2. The molecule has 0 saturated carbocycles. The van der Waals surface area contributed by atoms with Crippen molar-refractivity contribution in [2.24, 2.45) is 11.7 Å². The van der Waals surface area contributed by atoms with Crippen molar-refractivity contribution in [3.05, 3.63) is 12.2 Å². The molecular formula is C11H21NO5S. The van der Waals surface area contributed by atoms with Gasteiger partial charge in [0.1, 0.15) is 0 Å². The lowest BCUT2D eigenvalue weighted by atomic mass is 9.88. The third-order valence-corrected chi connectivity index (χ3v) is 3.34. The zero-order chi connectivity index (χ0) is 14.6. The van der Waals surface area contributed by atoms with Gasteiger partial charge in [-0.1, -0.05) is 6.58 Å². The smallest absolute Gasteiger partial charge is 0.333 e. The number of esters is 1. The number of carbonyl (C=O) groups is 1. The fraction of sp³-hybridized carbons (Fsp3) is 0.727. The van der Waals surface area contributed by atoms with Crippen LogP contribution in [0, 0.1) is 5.92 Å². The van der Waals surface area contributed by atoms with Gasteiger partial charge >= 0.3 is 5.97 Å². The van der Waals surface area contributed by atoms with Gasteiger partial charge < -0.3 is 10.5 Å². The average Bonchev–Trinajstić information content (AvgIpc) is 2.12. The second-order valence-electron chi connectivity index (χ2n) is 4.97. The van der Waals surface area contributed by atoms with Crippen molar-refractivity contribution in [3.8, 4) is 0 Å². The zero-order valence-electron chi connectivity index (χ0n) is 11.0. The minimum Gasteiger partial charge on any atom is -0.462 e. The van der Waals surface area contributed by atoms with Crippen LogP contribution in [0.5, 0.6) is 0 Å². The maximum Gasteiger partial charge on any atom is 0.333 e. The van der Waals surface area contributed by atoms with Gasteiger partial charge in [0, 0.05) is 11.1 Å². The normalized spacial score (nSPS) is 14.1. The highest BCUT2D eigenvalue weighted by Crippen LogP contribution is 2.19. The van der Waals surface area contributed by atoms with Gasteiger partial charge in [-0.15, -0.1) is 0 Å². The lowest BCUT2D eigenvalue weighted by Crippen LogP contribution is -2.44. The molecule has 0 amide bonds. The highest BCUT2D eigenvalue weighted by atomic mass is 32.2. The molecule has 6 nitrogen and oxygen atoms in total. The summed E-state index contributed by atoms with van der Waals surface area (Å²) in [6.07, 6.45) is 0.252. The molecule has 106 valence electrons. The molecule has 0 bridgehead atoms. The summed E-state index contributed by atoms with van der Waals surface area (Å²) in [6.45, 7) is 8.29. The maximum absolute atomic E-state index is 11.1. The largest absolute Gasteiger partial charge is 0.462 e. The SMILES string of the molecule is C=C(C)C(=O)OCCC(CS(=O)(=O)O)C(C)(C)N. The molecule has 0 aliphatic heterocycles. The molecule has 0 aromatic rings. The van der Waals surface area contributed by atoms with E-state index in [9.17, 15) is 13.2 Å². The number of carbonyl (C=O) groups excluding carboxylic acids is 1. The van der Waals surface area contributed by atoms with Crippen molar-refractivity contribution in [3.63, 3.8) is 0 Å². The van der Waals surface area contributed by atoms with Crippen LogP contribution in [0.3, 0.4) is 0 Å². The molecule has 1 atom stereocenters. The predicted molar refractivity (Wildman–Crippen MR) is 68.6 cm³/mol. The lowest BCUT2D eigenvalue weighted by molar-refractivity contribution is -0.139. The Morgan fingerprint density at radius 1 is 1.50 bits per heavy atom. The van der Waals surface area contributed by atoms with E-state index in [0.29, 0.717) is 0 Å². The molecule has 0 saturated heterocycles. The van der Waals surface area contributed by atoms with Gasteiger partial charge in [0.25, 0.3) is 10.1 Å². The molecule has 0 radical (unpaired) electrons. The van der Waals surface area contributed by atoms with Crippen molar-refractivity contribution >= 4 is 16.1 Å². The van der Waals surface area contributed by atoms with E-state index in [1.807, 2.05) is 0 Å². The number of nitrogens with two attached hydrogens (primary N) is 1. The van der Waals surface area contributed by atoms with Crippen molar-refractivity contribution < 1.29 is 22.5 Å². The minimum atomic E-state index is -4.11. The molecule has 0 aromatic heterocycles. The summed E-state index contributed by atoms with van der Waals surface area (Å²) in [6, 6.07) is 0. The number of ether oxygens (including phenoxy) is 1. The molecule has 0 rings (SSSR count). The molecular weight excluding hydrogens is 258 g/mol. The summed E-state index contributed by atoms with van der Waals surface area (Å²) in [4.78, 5) is 11.1. The molecule has 1 unspecified atom stereocenters. The van der Waals surface area contributed by atoms with E-state index in [0.717, 1.165) is 0 Å². The average molecular weight is 279 g/mol. The van der Waals surface area contributed by atoms with Crippen LogP contribution >= 0.6 is 0 Å². The first-order chi connectivity index (χ1) is 7.93. The molecule has 0 aliphatic carbocycles. The first kappa shape index (κ1) is 17.1. The predicted octanol–water partition coefficient (Wildman–Crippen LogP) is 0.737. The van der Waals surface area contributed by atoms with E-state index in [4.69, 9.17) is 15.0 Å². The van der Waals surface area contributed by atoms with Crippen molar-refractivity contribution in [2.45, 2.75) is 32.7 Å². The Morgan fingerprint density at radius 2 is 2.00 bits per heavy atom. The minimum absolute atomic E-state index is 0.0342. The molecule has 0 spiro atoms. The lowest BCUT2D eigenvalue weighted by Gasteiger charge is -2.29. The van der Waals surface area contributed by atoms with Gasteiger partial charge in [-0.2, -0.15) is 8.42 Å². The third-order valence-electron chi connectivity index (χ3n) is 2.51. The highest BCUT2D eigenvalue weighted by molar-refractivity contribution is 7.85. The van der Waals surface area contributed by atoms with Crippen LogP contribution in [-0.2, 0) is 19.6 Å². The van der Waals surface area contributed by atoms with Crippen molar-refractivity contribution in [2.75, 3.05) is 12.4 Å². The quantitative estimate of drug-likeness (QED) is 0.404. The van der Waals surface area contributed by atoms with Crippen LogP contribution in [0.1, 0.15) is 27.2 Å². The summed E-state index contributed by atoms with van der Waals surface area (Å²) < 4.78 is 35.5. The Bertz CT molecular complexity index is 408. The zero-order valence-corrected chi connectivity index (χ0v) is 11.8. The third kappa shape index (κ3) is 7.41. The summed E-state index contributed by atoms with van der Waals surface area (Å²) >= 11 is 0. The number of rotatable bonds is 7. The van der Waals surface area contributed by atoms with Crippen molar-refractivity contribution in [1.82, 2.24) is 0 Å². The molecule has 0 aromatic carbocycles. The van der Waals surface area contributed by atoms with Crippen LogP contribution in [0.15, 0.2) is 12.2 Å². The second-order valence-corrected chi connectivity index (χ2v) is 6.47. The van der Waals surface area contributed by atoms with E-state index in [2.05, 4.69) is 6.58 Å². The van der Waals surface area contributed by atoms with Gasteiger partial charge in [0.2, 0.25) is 0 Å². The molecule has 0 fully saturated rings. The Hall–Kier alpha value is -0.920. The van der Waals surface area contributed by atoms with E-state index < -0.39 is 33.3 Å². The highest BCUT2D eigenvalue weighted by Gasteiger charge is 2.29. The van der Waals surface area contributed by atoms with Crippen LogP contribution in [0.2, 0.25) is 0 Å². The van der Waals surface area contributed by atoms with E-state index in [1.54, 1.807) is 13.8 Å². The Kier molecular flexibility index (Phi) is 5.98. The topological polar surface area (TPSA) is 107 Å². The van der Waals surface area contributed by atoms with Gasteiger partial charge in [0.05, 0.1) is 12.4 Å². The Morgan fingerprint density at radius 3 is 2.33 bits per heavy atom. The van der Waals surface area contributed by atoms with Crippen LogP contribution in [0.25, 0.3) is 0 Å². The molecule has 18 heavy (non-hydrogen) atoms. The molecule has 0 aliphatic rings. The van der Waals surface area contributed by atoms with E-state index in [-0.39, 0.29) is 18.6 Å². The van der Waals surface area contributed by atoms with Gasteiger partial charge in [-0.3, -0.25) is 4.55 Å². The molecule has 0 heterocycles. The maximum atomic E-state index is 11.1. The van der Waals surface area contributed by atoms with Crippen molar-refractivity contribution in [1.29, 1.82) is 0 Å². The summed E-state index contributed by atoms with van der Waals surface area (Å²) in [5.74, 6) is -1.50. The van der Waals surface area contributed by atoms with Gasteiger partial charge in [-0.25, -0.2) is 4.79 Å². The summed E-state index contributed by atoms with van der Waals surface area (Å²) in [7, 11) is -4.11. The van der Waals surface area contributed by atoms with E-state index in [1.165, 1.54) is 6.92 Å². The monoisotopic (exact) mass is 279 g/mol. The standard InChI is InChI=1S/C11H21NO5S/c1-8(2)10(13)17-6-5-9(11(3,4)12)7-18(14,15)16/h9H,1,5-7,12H2,2-4H3,(H,14,15,16). The van der Waals surface area contributed by atoms with Crippen LogP contribution < -0.4 is 5.73 Å². The number of hydrogen-bond acceptors (Lipinski definition) is 5. The molecule has 3 N–H and O–H groups in total.